The molecule has 2 aliphatic heterocycles. The van der Waals surface area contributed by atoms with E-state index in [0.29, 0.717) is 0 Å². The van der Waals surface area contributed by atoms with Gasteiger partial charge in [-0.25, -0.2) is 4.79 Å². The highest BCUT2D eigenvalue weighted by atomic mass is 16.6. The van der Waals surface area contributed by atoms with E-state index in [0.717, 1.165) is 57.2 Å². The van der Waals surface area contributed by atoms with Crippen molar-refractivity contribution in [3.05, 3.63) is 35.9 Å². The molecule has 2 saturated heterocycles. The summed E-state index contributed by atoms with van der Waals surface area (Å²) >= 11 is 0. The van der Waals surface area contributed by atoms with Crippen LogP contribution in [-0.4, -0.2) is 72.3 Å². The van der Waals surface area contributed by atoms with E-state index < -0.39 is 18.2 Å². The molecule has 0 bridgehead atoms. The van der Waals surface area contributed by atoms with Crippen molar-refractivity contribution in [2.75, 3.05) is 26.4 Å². The first-order chi connectivity index (χ1) is 16.0. The third-order valence-electron chi connectivity index (χ3n) is 6.95. The van der Waals surface area contributed by atoms with Crippen LogP contribution in [0.5, 0.6) is 0 Å². The molecule has 3 fully saturated rings. The summed E-state index contributed by atoms with van der Waals surface area (Å²) in [7, 11) is 0. The molecule has 180 valence electrons. The van der Waals surface area contributed by atoms with Crippen molar-refractivity contribution in [2.24, 2.45) is 11.7 Å². The minimum Gasteiger partial charge on any atom is -0.444 e. The summed E-state index contributed by atoms with van der Waals surface area (Å²) in [4.78, 5) is 41.2. The van der Waals surface area contributed by atoms with Crippen molar-refractivity contribution in [3.8, 4) is 0 Å². The van der Waals surface area contributed by atoms with Crippen molar-refractivity contribution in [1.82, 2.24) is 15.1 Å². The first kappa shape index (κ1) is 23.5. The Hall–Kier alpha value is -2.65. The molecule has 2 heterocycles. The lowest BCUT2D eigenvalue weighted by Gasteiger charge is -2.34. The largest absolute Gasteiger partial charge is 0.444 e. The maximum atomic E-state index is 12.9. The number of nitrogens with one attached hydrogen (secondary N) is 1. The van der Waals surface area contributed by atoms with Crippen molar-refractivity contribution in [3.63, 3.8) is 0 Å². The number of hydrogen-bond acceptors (Lipinski definition) is 6. The number of nitrogens with two attached hydrogens (primary N) is 1. The molecule has 0 radical (unpaired) electrons. The summed E-state index contributed by atoms with van der Waals surface area (Å²) in [5.41, 5.74) is 7.17. The number of carbonyl (C=O) groups excluding carboxylic acids is 3. The quantitative estimate of drug-likeness (QED) is 0.669. The highest BCUT2D eigenvalue weighted by Crippen LogP contribution is 2.28. The van der Waals surface area contributed by atoms with E-state index in [1.807, 2.05) is 35.2 Å². The highest BCUT2D eigenvalue weighted by Gasteiger charge is 2.38. The molecule has 0 spiro atoms. The van der Waals surface area contributed by atoms with E-state index in [1.165, 1.54) is 4.90 Å². The third kappa shape index (κ3) is 5.83. The number of nitrogens with zero attached hydrogens (tertiary/aromatic N) is 2. The molecular formula is C24H34N4O5. The number of hydrogen-bond donors (Lipinski definition) is 2. The van der Waals surface area contributed by atoms with E-state index in [-0.39, 0.29) is 43.7 Å². The fourth-order valence-corrected chi connectivity index (χ4v) is 4.91. The second-order valence-electron chi connectivity index (χ2n) is 9.20. The third-order valence-corrected chi connectivity index (χ3v) is 6.95. The minimum atomic E-state index is -0.704. The van der Waals surface area contributed by atoms with Crippen LogP contribution in [0.2, 0.25) is 0 Å². The lowest BCUT2D eigenvalue weighted by atomic mass is 9.81. The van der Waals surface area contributed by atoms with Gasteiger partial charge in [-0.3, -0.25) is 14.5 Å². The molecular weight excluding hydrogens is 424 g/mol. The van der Waals surface area contributed by atoms with Gasteiger partial charge in [0.25, 0.3) is 0 Å². The number of rotatable bonds is 6. The summed E-state index contributed by atoms with van der Waals surface area (Å²) in [5.74, 6) is -0.0247. The van der Waals surface area contributed by atoms with Gasteiger partial charge in [-0.2, -0.15) is 0 Å². The smallest absolute Gasteiger partial charge is 0.412 e. The Morgan fingerprint density at radius 3 is 2.48 bits per heavy atom. The van der Waals surface area contributed by atoms with Crippen LogP contribution in [0.15, 0.2) is 30.3 Å². The molecule has 1 saturated carbocycles. The first-order valence-electron chi connectivity index (χ1n) is 11.9. The molecule has 9 heteroatoms. The van der Waals surface area contributed by atoms with Crippen LogP contribution in [0.25, 0.3) is 0 Å². The van der Waals surface area contributed by atoms with Gasteiger partial charge in [0.05, 0.1) is 12.6 Å². The molecule has 33 heavy (non-hydrogen) atoms. The summed E-state index contributed by atoms with van der Waals surface area (Å²) < 4.78 is 10.7. The van der Waals surface area contributed by atoms with Crippen LogP contribution in [-0.2, 0) is 25.7 Å². The molecule has 3 amide bonds. The molecule has 0 unspecified atom stereocenters. The average Bonchev–Trinajstić information content (AvgIpc) is 3.55. The monoisotopic (exact) mass is 458 g/mol. The van der Waals surface area contributed by atoms with Gasteiger partial charge in [-0.05, 0) is 50.0 Å². The summed E-state index contributed by atoms with van der Waals surface area (Å²) in [5, 5.41) is 3.06. The SMILES string of the molecule is N[C@H](C(=O)N1CCCC1)[C@H]1CC[C@H](NC(=O)[C@@H]2COCN2C(=O)OCc2ccccc2)CC1. The van der Waals surface area contributed by atoms with Crippen molar-refractivity contribution in [1.29, 1.82) is 0 Å². The van der Waals surface area contributed by atoms with Gasteiger partial charge in [-0.1, -0.05) is 30.3 Å². The van der Waals surface area contributed by atoms with Gasteiger partial charge in [0.1, 0.15) is 19.4 Å². The molecule has 0 aromatic heterocycles. The summed E-state index contributed by atoms with van der Waals surface area (Å²) in [6.45, 7) is 1.95. The van der Waals surface area contributed by atoms with Gasteiger partial charge in [-0.15, -0.1) is 0 Å². The van der Waals surface area contributed by atoms with Crippen LogP contribution in [0.1, 0.15) is 44.1 Å². The van der Waals surface area contributed by atoms with Gasteiger partial charge in [0, 0.05) is 19.1 Å². The van der Waals surface area contributed by atoms with E-state index in [2.05, 4.69) is 5.32 Å². The first-order valence-corrected chi connectivity index (χ1v) is 11.9. The second-order valence-corrected chi connectivity index (χ2v) is 9.20. The minimum absolute atomic E-state index is 0.00521. The number of carbonyl (C=O) groups is 3. The Balaban J connectivity index is 1.22. The number of ether oxygens (including phenoxy) is 2. The fraction of sp³-hybridized carbons (Fsp3) is 0.625. The molecule has 3 N–H and O–H groups in total. The van der Waals surface area contributed by atoms with Crippen molar-refractivity contribution >= 4 is 17.9 Å². The van der Waals surface area contributed by atoms with E-state index in [9.17, 15) is 14.4 Å². The normalized spacial score (nSPS) is 26.2. The van der Waals surface area contributed by atoms with Crippen LogP contribution >= 0.6 is 0 Å². The summed E-state index contributed by atoms with van der Waals surface area (Å²) in [6, 6.07) is 8.24. The van der Waals surface area contributed by atoms with Gasteiger partial charge >= 0.3 is 6.09 Å². The molecule has 1 aromatic carbocycles. The van der Waals surface area contributed by atoms with Crippen LogP contribution < -0.4 is 11.1 Å². The van der Waals surface area contributed by atoms with Crippen LogP contribution in [0, 0.1) is 5.92 Å². The Kier molecular flexibility index (Phi) is 7.82. The zero-order valence-corrected chi connectivity index (χ0v) is 19.0. The van der Waals surface area contributed by atoms with E-state index >= 15 is 0 Å². The van der Waals surface area contributed by atoms with E-state index in [1.54, 1.807) is 0 Å². The maximum absolute atomic E-state index is 12.9. The maximum Gasteiger partial charge on any atom is 0.412 e. The Morgan fingerprint density at radius 1 is 1.09 bits per heavy atom. The van der Waals surface area contributed by atoms with Gasteiger partial charge in [0.15, 0.2) is 0 Å². The predicted octanol–water partition coefficient (Wildman–Crippen LogP) is 1.61. The van der Waals surface area contributed by atoms with Crippen molar-refractivity contribution in [2.45, 2.75) is 63.3 Å². The summed E-state index contributed by atoms with van der Waals surface area (Å²) in [6.07, 6.45) is 4.68. The molecule has 3 aliphatic rings. The fourth-order valence-electron chi connectivity index (χ4n) is 4.91. The molecule has 9 nitrogen and oxygen atoms in total. The molecule has 1 aromatic rings. The van der Waals surface area contributed by atoms with Crippen LogP contribution in [0.3, 0.4) is 0 Å². The topological polar surface area (TPSA) is 114 Å². The number of benzene rings is 1. The highest BCUT2D eigenvalue weighted by molar-refractivity contribution is 5.86. The predicted molar refractivity (Wildman–Crippen MR) is 121 cm³/mol. The molecule has 2 atom stereocenters. The number of amides is 3. The second kappa shape index (κ2) is 11.0. The standard InChI is InChI=1S/C24H34N4O5/c25-21(23(30)27-12-4-5-13-27)18-8-10-19(11-9-18)26-22(29)20-15-32-16-28(20)24(31)33-14-17-6-2-1-3-7-17/h1-3,6-7,18-21H,4-5,8-16,25H2,(H,26,29)/t18-,19-,20-,21-/m0/s1. The Bertz CT molecular complexity index is 821. The van der Waals surface area contributed by atoms with Gasteiger partial charge < -0.3 is 25.4 Å². The van der Waals surface area contributed by atoms with Crippen molar-refractivity contribution < 1.29 is 23.9 Å². The molecule has 1 aliphatic carbocycles. The van der Waals surface area contributed by atoms with E-state index in [4.69, 9.17) is 15.2 Å². The number of likely N-dealkylation sites (tertiary alicyclic amines) is 1. The Labute approximate surface area is 194 Å². The Morgan fingerprint density at radius 2 is 1.79 bits per heavy atom. The average molecular weight is 459 g/mol. The zero-order chi connectivity index (χ0) is 23.2. The van der Waals surface area contributed by atoms with Gasteiger partial charge in [0.2, 0.25) is 11.8 Å². The lowest BCUT2D eigenvalue weighted by Crippen LogP contribution is -2.52. The molecule has 4 rings (SSSR count). The van der Waals surface area contributed by atoms with Crippen LogP contribution in [0.4, 0.5) is 4.79 Å². The lowest BCUT2D eigenvalue weighted by molar-refractivity contribution is -0.133. The zero-order valence-electron chi connectivity index (χ0n) is 19.0.